The lowest BCUT2D eigenvalue weighted by Gasteiger charge is -2.24. The van der Waals surface area contributed by atoms with E-state index in [4.69, 9.17) is 11.6 Å². The fourth-order valence-electron chi connectivity index (χ4n) is 3.45. The van der Waals surface area contributed by atoms with Crippen LogP contribution in [0.5, 0.6) is 0 Å². The molecule has 0 saturated heterocycles. The number of carbonyl (C=O) groups excluding carboxylic acids is 1. The van der Waals surface area contributed by atoms with E-state index >= 15 is 0 Å². The van der Waals surface area contributed by atoms with E-state index in [0.29, 0.717) is 22.4 Å². The van der Waals surface area contributed by atoms with Crippen molar-refractivity contribution < 1.29 is 13.6 Å². The van der Waals surface area contributed by atoms with Crippen molar-refractivity contribution in [3.05, 3.63) is 88.2 Å². The molecule has 2 heterocycles. The van der Waals surface area contributed by atoms with Crippen molar-refractivity contribution in [2.45, 2.75) is 20.0 Å². The number of hydrogen-bond donors (Lipinski definition) is 1. The molecule has 1 atom stereocenters. The fraction of sp³-hybridized carbons (Fsp3) is 0.136. The summed E-state index contributed by atoms with van der Waals surface area (Å²) in [4.78, 5) is 13.4. The maximum absolute atomic E-state index is 14.9. The lowest BCUT2D eigenvalue weighted by atomic mass is 9.96. The zero-order chi connectivity index (χ0) is 20.0. The first kappa shape index (κ1) is 18.4. The van der Waals surface area contributed by atoms with Crippen molar-refractivity contribution in [3.8, 4) is 11.1 Å². The van der Waals surface area contributed by atoms with Crippen LogP contribution in [0.2, 0.25) is 0 Å². The Hall–Kier alpha value is -2.92. The highest BCUT2D eigenvalue weighted by molar-refractivity contribution is 6.33. The van der Waals surface area contributed by atoms with Crippen molar-refractivity contribution >= 4 is 23.1 Å². The highest BCUT2D eigenvalue weighted by Crippen LogP contribution is 2.39. The molecule has 0 radical (unpaired) electrons. The Kier molecular flexibility index (Phi) is 4.55. The largest absolute Gasteiger partial charge is 0.359 e. The molecule has 28 heavy (non-hydrogen) atoms. The summed E-state index contributed by atoms with van der Waals surface area (Å²) in [6.45, 7) is 3.27. The van der Waals surface area contributed by atoms with Gasteiger partial charge < -0.3 is 10.2 Å². The van der Waals surface area contributed by atoms with Crippen molar-refractivity contribution in [1.29, 1.82) is 0 Å². The molecule has 0 fully saturated rings. The van der Waals surface area contributed by atoms with Crippen LogP contribution in [0.4, 0.5) is 8.78 Å². The van der Waals surface area contributed by atoms with E-state index in [-0.39, 0.29) is 16.5 Å². The number of aryl methyl sites for hydroxylation is 1. The molecule has 0 amide bonds. The van der Waals surface area contributed by atoms with Crippen LogP contribution >= 0.6 is 11.6 Å². The number of allylic oxidation sites excluding steroid dienone is 2. The first-order valence-electron chi connectivity index (χ1n) is 8.78. The number of rotatable bonds is 3. The van der Waals surface area contributed by atoms with Gasteiger partial charge in [0.25, 0.3) is 0 Å². The van der Waals surface area contributed by atoms with E-state index in [2.05, 4.69) is 5.32 Å². The molecule has 2 aromatic rings. The van der Waals surface area contributed by atoms with Gasteiger partial charge in [-0.15, -0.1) is 0 Å². The van der Waals surface area contributed by atoms with E-state index in [1.165, 1.54) is 25.1 Å². The summed E-state index contributed by atoms with van der Waals surface area (Å²) in [5, 5.41) is 3.43. The smallest absolute Gasteiger partial charge is 0.159 e. The summed E-state index contributed by atoms with van der Waals surface area (Å²) in [6.07, 6.45) is 4.65. The fourth-order valence-corrected chi connectivity index (χ4v) is 3.76. The van der Waals surface area contributed by atoms with Crippen LogP contribution in [0.15, 0.2) is 65.5 Å². The van der Waals surface area contributed by atoms with E-state index in [9.17, 15) is 13.6 Å². The van der Waals surface area contributed by atoms with Crippen LogP contribution < -0.4 is 5.32 Å². The predicted molar refractivity (Wildman–Crippen MR) is 106 cm³/mol. The van der Waals surface area contributed by atoms with Crippen molar-refractivity contribution in [2.75, 3.05) is 0 Å². The van der Waals surface area contributed by atoms with Gasteiger partial charge in [0.1, 0.15) is 23.0 Å². The van der Waals surface area contributed by atoms with Crippen LogP contribution in [-0.2, 0) is 4.79 Å². The summed E-state index contributed by atoms with van der Waals surface area (Å²) >= 11 is 6.53. The average molecular weight is 399 g/mol. The number of fused-ring (bicyclic) bond motifs is 1. The Morgan fingerprint density at radius 2 is 1.93 bits per heavy atom. The lowest BCUT2D eigenvalue weighted by Crippen LogP contribution is -2.34. The molecule has 0 bridgehead atoms. The van der Waals surface area contributed by atoms with Gasteiger partial charge >= 0.3 is 0 Å². The van der Waals surface area contributed by atoms with E-state index in [0.717, 1.165) is 5.56 Å². The summed E-state index contributed by atoms with van der Waals surface area (Å²) < 4.78 is 29.5. The lowest BCUT2D eigenvalue weighted by molar-refractivity contribution is -0.113. The number of carbonyl (C=O) groups is 1. The van der Waals surface area contributed by atoms with Gasteiger partial charge in [-0.05, 0) is 49.3 Å². The van der Waals surface area contributed by atoms with E-state index < -0.39 is 17.8 Å². The van der Waals surface area contributed by atoms with Gasteiger partial charge in [0.05, 0.1) is 5.70 Å². The Balaban J connectivity index is 1.84. The quantitative estimate of drug-likeness (QED) is 0.732. The number of halogens is 3. The molecule has 6 heteroatoms. The number of nitrogens with zero attached hydrogens (tertiary/aromatic N) is 1. The second-order valence-electron chi connectivity index (χ2n) is 6.80. The highest BCUT2D eigenvalue weighted by Gasteiger charge is 2.33. The first-order chi connectivity index (χ1) is 13.4. The molecule has 0 spiro atoms. The molecule has 1 unspecified atom stereocenters. The molecule has 0 aromatic heterocycles. The second-order valence-corrected chi connectivity index (χ2v) is 7.16. The minimum atomic E-state index is -0.516. The summed E-state index contributed by atoms with van der Waals surface area (Å²) in [6, 6.07) is 9.34. The Bertz CT molecular complexity index is 1090. The summed E-state index contributed by atoms with van der Waals surface area (Å²) in [7, 11) is 0. The molecule has 1 N–H and O–H groups in total. The topological polar surface area (TPSA) is 32.3 Å². The van der Waals surface area contributed by atoms with Crippen molar-refractivity contribution in [1.82, 2.24) is 10.2 Å². The number of nitrogens with one attached hydrogen (secondary N) is 1. The number of benzene rings is 2. The van der Waals surface area contributed by atoms with E-state index in [1.54, 1.807) is 48.4 Å². The molecular weight excluding hydrogens is 382 g/mol. The van der Waals surface area contributed by atoms with Crippen LogP contribution in [0, 0.1) is 18.6 Å². The second kappa shape index (κ2) is 6.91. The van der Waals surface area contributed by atoms with Gasteiger partial charge in [-0.25, -0.2) is 8.78 Å². The third-order valence-electron chi connectivity index (χ3n) is 4.86. The molecular formula is C22H17ClF2N2O. The van der Waals surface area contributed by atoms with Gasteiger partial charge in [0.15, 0.2) is 5.78 Å². The molecule has 2 aliphatic rings. The SMILES string of the molecule is CC(=O)C1=CC2NC(c3c(F)cccc3-c3ccc(C)cc3F)=C(Cl)N2C=C1. The zero-order valence-electron chi connectivity index (χ0n) is 15.3. The molecule has 0 aliphatic carbocycles. The normalized spacial score (nSPS) is 18.1. The zero-order valence-corrected chi connectivity index (χ0v) is 16.0. The van der Waals surface area contributed by atoms with Crippen LogP contribution in [0.1, 0.15) is 18.1 Å². The molecule has 2 aliphatic heterocycles. The average Bonchev–Trinajstić information content (AvgIpc) is 2.97. The molecule has 4 rings (SSSR count). The van der Waals surface area contributed by atoms with Crippen LogP contribution in [0.3, 0.4) is 0 Å². The predicted octanol–water partition coefficient (Wildman–Crippen LogP) is 5.08. The molecule has 142 valence electrons. The molecule has 0 saturated carbocycles. The van der Waals surface area contributed by atoms with Gasteiger partial charge in [-0.3, -0.25) is 4.79 Å². The maximum atomic E-state index is 14.9. The van der Waals surface area contributed by atoms with Gasteiger partial charge in [0.2, 0.25) is 0 Å². The third kappa shape index (κ3) is 3.02. The Labute approximate surface area is 166 Å². The summed E-state index contributed by atoms with van der Waals surface area (Å²) in [5.41, 5.74) is 2.55. The minimum absolute atomic E-state index is 0.0735. The van der Waals surface area contributed by atoms with Crippen molar-refractivity contribution in [3.63, 3.8) is 0 Å². The molecule has 3 nitrogen and oxygen atoms in total. The van der Waals surface area contributed by atoms with Gasteiger partial charge in [0, 0.05) is 22.9 Å². The maximum Gasteiger partial charge on any atom is 0.159 e. The summed E-state index contributed by atoms with van der Waals surface area (Å²) in [5.74, 6) is -1.02. The number of ketones is 1. The van der Waals surface area contributed by atoms with Crippen LogP contribution in [0.25, 0.3) is 16.8 Å². The Morgan fingerprint density at radius 3 is 2.64 bits per heavy atom. The standard InChI is InChI=1S/C22H17ClF2N2O/c1-12-6-7-15(18(25)10-12)16-4-3-5-17(24)20(16)21-22(23)27-9-8-14(13(2)28)11-19(27)26-21/h3-11,19,26H,1-2H3. The number of Topliss-reactive ketones (excluding diaryl/α,β-unsaturated/α-hetero) is 1. The monoisotopic (exact) mass is 398 g/mol. The molecule has 2 aromatic carbocycles. The highest BCUT2D eigenvalue weighted by atomic mass is 35.5. The van der Waals surface area contributed by atoms with Gasteiger partial charge in [-0.1, -0.05) is 35.9 Å². The van der Waals surface area contributed by atoms with Crippen molar-refractivity contribution in [2.24, 2.45) is 0 Å². The minimum Gasteiger partial charge on any atom is -0.359 e. The third-order valence-corrected chi connectivity index (χ3v) is 5.25. The van der Waals surface area contributed by atoms with Crippen LogP contribution in [-0.4, -0.2) is 16.8 Å². The van der Waals surface area contributed by atoms with Gasteiger partial charge in [-0.2, -0.15) is 0 Å². The van der Waals surface area contributed by atoms with E-state index in [1.807, 2.05) is 0 Å². The first-order valence-corrected chi connectivity index (χ1v) is 9.15. The number of hydrogen-bond acceptors (Lipinski definition) is 3. The Morgan fingerprint density at radius 1 is 1.14 bits per heavy atom.